The van der Waals surface area contributed by atoms with Gasteiger partial charge in [-0.3, -0.25) is 4.99 Å². The van der Waals surface area contributed by atoms with E-state index < -0.39 is 0 Å². The lowest BCUT2D eigenvalue weighted by molar-refractivity contribution is 0.108. The van der Waals surface area contributed by atoms with E-state index >= 15 is 0 Å². The number of hydrogen-bond donors (Lipinski definition) is 2. The fraction of sp³-hybridized carbons (Fsp3) is 0.588. The third kappa shape index (κ3) is 8.62. The standard InChI is InChI=1S/C17H28FN3O/c1-14(2)13-22-12-4-10-20-17(19-3)21-11-9-15-5-7-16(18)8-6-15/h5-8,14H,4,9-13H2,1-3H3,(H2,19,20,21). The Morgan fingerprint density at radius 2 is 1.86 bits per heavy atom. The molecule has 0 bridgehead atoms. The minimum absolute atomic E-state index is 0.200. The van der Waals surface area contributed by atoms with Crippen LogP contribution >= 0.6 is 0 Å². The second-order valence-corrected chi connectivity index (χ2v) is 5.62. The van der Waals surface area contributed by atoms with E-state index in [2.05, 4.69) is 29.5 Å². The maximum absolute atomic E-state index is 12.8. The Balaban J connectivity index is 2.11. The molecule has 124 valence electrons. The van der Waals surface area contributed by atoms with Crippen molar-refractivity contribution in [3.63, 3.8) is 0 Å². The lowest BCUT2D eigenvalue weighted by Gasteiger charge is -2.12. The van der Waals surface area contributed by atoms with Crippen molar-refractivity contribution in [2.75, 3.05) is 33.4 Å². The first kappa shape index (κ1) is 18.4. The predicted molar refractivity (Wildman–Crippen MR) is 89.7 cm³/mol. The lowest BCUT2D eigenvalue weighted by Crippen LogP contribution is -2.39. The zero-order chi connectivity index (χ0) is 16.2. The van der Waals surface area contributed by atoms with Gasteiger partial charge in [0, 0.05) is 33.4 Å². The molecule has 0 unspecified atom stereocenters. The summed E-state index contributed by atoms with van der Waals surface area (Å²) < 4.78 is 18.3. The summed E-state index contributed by atoms with van der Waals surface area (Å²) in [4.78, 5) is 4.17. The quantitative estimate of drug-likeness (QED) is 0.419. The van der Waals surface area contributed by atoms with E-state index in [-0.39, 0.29) is 5.82 Å². The molecule has 22 heavy (non-hydrogen) atoms. The van der Waals surface area contributed by atoms with Crippen LogP contribution in [0.3, 0.4) is 0 Å². The van der Waals surface area contributed by atoms with Crippen LogP contribution < -0.4 is 10.6 Å². The van der Waals surface area contributed by atoms with Crippen molar-refractivity contribution in [1.29, 1.82) is 0 Å². The number of rotatable bonds is 9. The molecular weight excluding hydrogens is 281 g/mol. The van der Waals surface area contributed by atoms with E-state index in [4.69, 9.17) is 4.74 Å². The summed E-state index contributed by atoms with van der Waals surface area (Å²) in [6, 6.07) is 6.58. The summed E-state index contributed by atoms with van der Waals surface area (Å²) >= 11 is 0. The smallest absolute Gasteiger partial charge is 0.190 e. The summed E-state index contributed by atoms with van der Waals surface area (Å²) in [5, 5.41) is 6.50. The SMILES string of the molecule is CN=C(NCCCOCC(C)C)NCCc1ccc(F)cc1. The van der Waals surface area contributed by atoms with Crippen molar-refractivity contribution < 1.29 is 9.13 Å². The Bertz CT molecular complexity index is 432. The summed E-state index contributed by atoms with van der Waals surface area (Å²) in [6.07, 6.45) is 1.78. The molecule has 0 aliphatic carbocycles. The van der Waals surface area contributed by atoms with E-state index in [9.17, 15) is 4.39 Å². The number of hydrogen-bond acceptors (Lipinski definition) is 2. The normalized spacial score (nSPS) is 11.8. The molecule has 0 amide bonds. The molecule has 1 aromatic carbocycles. The topological polar surface area (TPSA) is 45.7 Å². The van der Waals surface area contributed by atoms with E-state index in [0.717, 1.165) is 50.7 Å². The third-order valence-electron chi connectivity index (χ3n) is 3.05. The first-order valence-electron chi connectivity index (χ1n) is 7.88. The molecule has 0 saturated carbocycles. The van der Waals surface area contributed by atoms with Crippen LogP contribution in [0.4, 0.5) is 4.39 Å². The zero-order valence-electron chi connectivity index (χ0n) is 13.9. The molecular formula is C17H28FN3O. The van der Waals surface area contributed by atoms with Crippen LogP contribution in [0.15, 0.2) is 29.3 Å². The number of guanidine groups is 1. The highest BCUT2D eigenvalue weighted by atomic mass is 19.1. The molecule has 0 spiro atoms. The number of nitrogens with zero attached hydrogens (tertiary/aromatic N) is 1. The molecule has 4 nitrogen and oxygen atoms in total. The fourth-order valence-corrected chi connectivity index (χ4v) is 1.90. The van der Waals surface area contributed by atoms with Gasteiger partial charge in [-0.05, 0) is 36.5 Å². The first-order chi connectivity index (χ1) is 10.6. The molecule has 1 aromatic rings. The van der Waals surface area contributed by atoms with Gasteiger partial charge in [-0.1, -0.05) is 26.0 Å². The maximum atomic E-state index is 12.8. The summed E-state index contributed by atoms with van der Waals surface area (Å²) in [7, 11) is 1.75. The van der Waals surface area contributed by atoms with Crippen molar-refractivity contribution in [3.8, 4) is 0 Å². The second kappa shape index (κ2) is 11.0. The highest BCUT2D eigenvalue weighted by molar-refractivity contribution is 5.79. The summed E-state index contributed by atoms with van der Waals surface area (Å²) in [5.74, 6) is 1.16. The average molecular weight is 309 g/mol. The van der Waals surface area contributed by atoms with Crippen molar-refractivity contribution >= 4 is 5.96 Å². The highest BCUT2D eigenvalue weighted by Crippen LogP contribution is 2.02. The Labute approximate surface area is 133 Å². The van der Waals surface area contributed by atoms with Crippen molar-refractivity contribution in [2.45, 2.75) is 26.7 Å². The van der Waals surface area contributed by atoms with Crippen LogP contribution in [-0.2, 0) is 11.2 Å². The molecule has 0 aliphatic rings. The van der Waals surface area contributed by atoms with Crippen LogP contribution in [0.1, 0.15) is 25.8 Å². The van der Waals surface area contributed by atoms with Gasteiger partial charge in [-0.2, -0.15) is 0 Å². The van der Waals surface area contributed by atoms with Crippen LogP contribution in [0.5, 0.6) is 0 Å². The van der Waals surface area contributed by atoms with E-state index in [1.165, 1.54) is 12.1 Å². The maximum Gasteiger partial charge on any atom is 0.190 e. The van der Waals surface area contributed by atoms with Gasteiger partial charge >= 0.3 is 0 Å². The Hall–Kier alpha value is -1.62. The monoisotopic (exact) mass is 309 g/mol. The van der Waals surface area contributed by atoms with Gasteiger partial charge in [-0.15, -0.1) is 0 Å². The Morgan fingerprint density at radius 1 is 1.18 bits per heavy atom. The van der Waals surface area contributed by atoms with Gasteiger partial charge in [0.15, 0.2) is 5.96 Å². The minimum Gasteiger partial charge on any atom is -0.381 e. The van der Waals surface area contributed by atoms with Gasteiger partial charge in [0.1, 0.15) is 5.82 Å². The van der Waals surface area contributed by atoms with Crippen molar-refractivity contribution in [3.05, 3.63) is 35.6 Å². The molecule has 0 heterocycles. The number of aliphatic imine (C=N–C) groups is 1. The lowest BCUT2D eigenvalue weighted by atomic mass is 10.1. The van der Waals surface area contributed by atoms with Gasteiger partial charge in [-0.25, -0.2) is 4.39 Å². The predicted octanol–water partition coefficient (Wildman–Crippen LogP) is 2.60. The third-order valence-corrected chi connectivity index (χ3v) is 3.05. The molecule has 0 aromatic heterocycles. The summed E-state index contributed by atoms with van der Waals surface area (Å²) in [6.45, 7) is 7.45. The molecule has 0 aliphatic heterocycles. The Kier molecular flexibility index (Phi) is 9.23. The van der Waals surface area contributed by atoms with Gasteiger partial charge in [0.2, 0.25) is 0 Å². The van der Waals surface area contributed by atoms with Crippen LogP contribution in [0, 0.1) is 11.7 Å². The molecule has 0 fully saturated rings. The number of ether oxygens (including phenoxy) is 1. The first-order valence-corrected chi connectivity index (χ1v) is 7.88. The second-order valence-electron chi connectivity index (χ2n) is 5.62. The molecule has 5 heteroatoms. The largest absolute Gasteiger partial charge is 0.381 e. The van der Waals surface area contributed by atoms with Crippen molar-refractivity contribution in [2.24, 2.45) is 10.9 Å². The average Bonchev–Trinajstić information content (AvgIpc) is 2.50. The fourth-order valence-electron chi connectivity index (χ4n) is 1.90. The zero-order valence-corrected chi connectivity index (χ0v) is 13.9. The van der Waals surface area contributed by atoms with Crippen LogP contribution in [-0.4, -0.2) is 39.3 Å². The highest BCUT2D eigenvalue weighted by Gasteiger charge is 1.99. The van der Waals surface area contributed by atoms with Crippen LogP contribution in [0.2, 0.25) is 0 Å². The van der Waals surface area contributed by atoms with Gasteiger partial charge < -0.3 is 15.4 Å². The number of benzene rings is 1. The van der Waals surface area contributed by atoms with Crippen molar-refractivity contribution in [1.82, 2.24) is 10.6 Å². The van der Waals surface area contributed by atoms with Gasteiger partial charge in [0.25, 0.3) is 0 Å². The molecule has 0 saturated heterocycles. The Morgan fingerprint density at radius 3 is 2.50 bits per heavy atom. The molecule has 0 atom stereocenters. The molecule has 2 N–H and O–H groups in total. The van der Waals surface area contributed by atoms with E-state index in [1.807, 2.05) is 0 Å². The summed E-state index contributed by atoms with van der Waals surface area (Å²) in [5.41, 5.74) is 1.10. The van der Waals surface area contributed by atoms with Gasteiger partial charge in [0.05, 0.1) is 0 Å². The molecule has 1 rings (SSSR count). The van der Waals surface area contributed by atoms with Crippen LogP contribution in [0.25, 0.3) is 0 Å². The minimum atomic E-state index is -0.200. The van der Waals surface area contributed by atoms with E-state index in [0.29, 0.717) is 5.92 Å². The van der Waals surface area contributed by atoms with E-state index in [1.54, 1.807) is 19.2 Å². The number of nitrogens with one attached hydrogen (secondary N) is 2. The molecule has 0 radical (unpaired) electrons. The number of halogens is 1.